The molecule has 3 aliphatic rings. The van der Waals surface area contributed by atoms with Gasteiger partial charge in [0, 0.05) is 17.6 Å². The van der Waals surface area contributed by atoms with Crippen molar-refractivity contribution >= 4 is 17.7 Å². The highest BCUT2D eigenvalue weighted by atomic mass is 16.6. The summed E-state index contributed by atoms with van der Waals surface area (Å²) in [5.41, 5.74) is 2.32. The Labute approximate surface area is 147 Å². The first-order chi connectivity index (χ1) is 11.8. The lowest BCUT2D eigenvalue weighted by molar-refractivity contribution is -0.145. The van der Waals surface area contributed by atoms with Gasteiger partial charge in [-0.2, -0.15) is 0 Å². The third-order valence-corrected chi connectivity index (χ3v) is 5.89. The summed E-state index contributed by atoms with van der Waals surface area (Å²) in [6.07, 6.45) is 1.72. The number of rotatable bonds is 2. The SMILES string of the molecule is C=C1C(=O)O[C@@H]2C[C@@H](C)[C@@H]3CC(=O)C(C)=C3[C@@H](OC(=O)/C(C)=C\C)[C@H]12. The molecule has 0 spiro atoms. The molecule has 0 aromatic carbocycles. The molecule has 1 saturated carbocycles. The van der Waals surface area contributed by atoms with Crippen molar-refractivity contribution in [1.29, 1.82) is 0 Å². The van der Waals surface area contributed by atoms with E-state index < -0.39 is 24.0 Å². The van der Waals surface area contributed by atoms with Crippen LogP contribution in [0.25, 0.3) is 0 Å². The van der Waals surface area contributed by atoms with Crippen LogP contribution in [-0.2, 0) is 23.9 Å². The molecule has 1 aliphatic heterocycles. The highest BCUT2D eigenvalue weighted by Crippen LogP contribution is 2.49. The van der Waals surface area contributed by atoms with Crippen LogP contribution in [0.2, 0.25) is 0 Å². The largest absolute Gasteiger partial charge is 0.458 e. The molecule has 5 heteroatoms. The fourth-order valence-electron chi connectivity index (χ4n) is 4.24. The monoisotopic (exact) mass is 344 g/mol. The topological polar surface area (TPSA) is 69.7 Å². The van der Waals surface area contributed by atoms with Gasteiger partial charge in [-0.25, -0.2) is 9.59 Å². The Morgan fingerprint density at radius 1 is 1.36 bits per heavy atom. The number of hydrogen-bond donors (Lipinski definition) is 0. The summed E-state index contributed by atoms with van der Waals surface area (Å²) in [5, 5.41) is 0. The van der Waals surface area contributed by atoms with Crippen molar-refractivity contribution in [3.05, 3.63) is 34.9 Å². The number of carbonyl (C=O) groups excluding carboxylic acids is 3. The summed E-state index contributed by atoms with van der Waals surface area (Å²) >= 11 is 0. The molecule has 1 heterocycles. The minimum absolute atomic E-state index is 0.0216. The number of hydrogen-bond acceptors (Lipinski definition) is 5. The van der Waals surface area contributed by atoms with Gasteiger partial charge in [-0.15, -0.1) is 0 Å². The first-order valence-corrected chi connectivity index (χ1v) is 8.73. The number of carbonyl (C=O) groups is 3. The number of allylic oxidation sites excluding steroid dienone is 2. The van der Waals surface area contributed by atoms with Gasteiger partial charge in [-0.05, 0) is 50.2 Å². The molecule has 2 aliphatic carbocycles. The molecule has 134 valence electrons. The number of ether oxygens (including phenoxy) is 2. The summed E-state index contributed by atoms with van der Waals surface area (Å²) < 4.78 is 11.3. The van der Waals surface area contributed by atoms with Gasteiger partial charge in [-0.1, -0.05) is 19.6 Å². The van der Waals surface area contributed by atoms with Crippen LogP contribution in [-0.4, -0.2) is 29.9 Å². The van der Waals surface area contributed by atoms with Crippen molar-refractivity contribution in [1.82, 2.24) is 0 Å². The summed E-state index contributed by atoms with van der Waals surface area (Å²) in [4.78, 5) is 36.8. The second-order valence-corrected chi connectivity index (χ2v) is 7.32. The van der Waals surface area contributed by atoms with Crippen molar-refractivity contribution in [2.45, 2.75) is 52.7 Å². The number of Topliss-reactive ketones (excluding diaryl/α,β-unsaturated/α-hetero) is 1. The highest BCUT2D eigenvalue weighted by Gasteiger charge is 2.53. The average molecular weight is 344 g/mol. The fourth-order valence-corrected chi connectivity index (χ4v) is 4.24. The van der Waals surface area contributed by atoms with E-state index in [2.05, 4.69) is 13.5 Å². The Balaban J connectivity index is 2.09. The van der Waals surface area contributed by atoms with Crippen LogP contribution >= 0.6 is 0 Å². The van der Waals surface area contributed by atoms with Crippen LogP contribution in [0.15, 0.2) is 34.9 Å². The third-order valence-electron chi connectivity index (χ3n) is 5.89. The summed E-state index contributed by atoms with van der Waals surface area (Å²) in [5.74, 6) is -1.03. The lowest BCUT2D eigenvalue weighted by atomic mass is 9.84. The lowest BCUT2D eigenvalue weighted by Gasteiger charge is -2.28. The molecule has 0 aromatic heterocycles. The average Bonchev–Trinajstić information content (AvgIpc) is 2.98. The molecule has 0 amide bonds. The van der Waals surface area contributed by atoms with E-state index in [0.717, 1.165) is 5.57 Å². The second kappa shape index (κ2) is 6.28. The molecular formula is C20H24O5. The Morgan fingerprint density at radius 2 is 2.04 bits per heavy atom. The molecular weight excluding hydrogens is 320 g/mol. The fraction of sp³-hybridized carbons (Fsp3) is 0.550. The molecule has 0 aromatic rings. The predicted octanol–water partition coefficient (Wildman–Crippen LogP) is 2.91. The van der Waals surface area contributed by atoms with E-state index in [-0.39, 0.29) is 23.7 Å². The molecule has 0 radical (unpaired) electrons. The molecule has 3 rings (SSSR count). The van der Waals surface area contributed by atoms with Gasteiger partial charge in [0.15, 0.2) is 5.78 Å². The maximum atomic E-state index is 12.4. The molecule has 0 N–H and O–H groups in total. The van der Waals surface area contributed by atoms with Gasteiger partial charge < -0.3 is 9.47 Å². The van der Waals surface area contributed by atoms with Gasteiger partial charge in [-0.3, -0.25) is 4.79 Å². The van der Waals surface area contributed by atoms with E-state index in [1.807, 2.05) is 0 Å². The van der Waals surface area contributed by atoms with E-state index in [1.165, 1.54) is 0 Å². The van der Waals surface area contributed by atoms with E-state index in [0.29, 0.717) is 29.6 Å². The normalized spacial score (nSPS) is 35.3. The van der Waals surface area contributed by atoms with Gasteiger partial charge in [0.05, 0.1) is 5.92 Å². The predicted molar refractivity (Wildman–Crippen MR) is 91.4 cm³/mol. The Kier molecular flexibility index (Phi) is 4.43. The lowest BCUT2D eigenvalue weighted by Crippen LogP contribution is -2.34. The number of fused-ring (bicyclic) bond motifs is 2. The quantitative estimate of drug-likeness (QED) is 0.569. The molecule has 0 bridgehead atoms. The van der Waals surface area contributed by atoms with Crippen LogP contribution < -0.4 is 0 Å². The van der Waals surface area contributed by atoms with Crippen molar-refractivity contribution in [3.8, 4) is 0 Å². The summed E-state index contributed by atoms with van der Waals surface area (Å²) in [6.45, 7) is 11.2. The van der Waals surface area contributed by atoms with Gasteiger partial charge in [0.25, 0.3) is 0 Å². The first kappa shape index (κ1) is 17.6. The van der Waals surface area contributed by atoms with E-state index >= 15 is 0 Å². The van der Waals surface area contributed by atoms with Crippen molar-refractivity contribution in [3.63, 3.8) is 0 Å². The highest BCUT2D eigenvalue weighted by molar-refractivity contribution is 5.99. The smallest absolute Gasteiger partial charge is 0.334 e. The molecule has 1 saturated heterocycles. The van der Waals surface area contributed by atoms with E-state index in [4.69, 9.17) is 9.47 Å². The number of ketones is 1. The van der Waals surface area contributed by atoms with Gasteiger partial charge >= 0.3 is 11.9 Å². The number of esters is 2. The maximum absolute atomic E-state index is 12.4. The zero-order chi connectivity index (χ0) is 18.5. The van der Waals surface area contributed by atoms with Crippen LogP contribution in [0.3, 0.4) is 0 Å². The molecule has 0 unspecified atom stereocenters. The van der Waals surface area contributed by atoms with E-state index in [9.17, 15) is 14.4 Å². The van der Waals surface area contributed by atoms with E-state index in [1.54, 1.807) is 26.8 Å². The maximum Gasteiger partial charge on any atom is 0.334 e. The molecule has 25 heavy (non-hydrogen) atoms. The molecule has 5 nitrogen and oxygen atoms in total. The third kappa shape index (κ3) is 2.75. The molecule has 5 atom stereocenters. The minimum Gasteiger partial charge on any atom is -0.458 e. The van der Waals surface area contributed by atoms with Gasteiger partial charge in [0.1, 0.15) is 12.2 Å². The second-order valence-electron chi connectivity index (χ2n) is 7.32. The zero-order valence-corrected chi connectivity index (χ0v) is 15.1. The first-order valence-electron chi connectivity index (χ1n) is 8.73. The van der Waals surface area contributed by atoms with Crippen molar-refractivity contribution < 1.29 is 23.9 Å². The van der Waals surface area contributed by atoms with Gasteiger partial charge in [0.2, 0.25) is 0 Å². The molecule has 2 fully saturated rings. The minimum atomic E-state index is -0.673. The zero-order valence-electron chi connectivity index (χ0n) is 15.1. The van der Waals surface area contributed by atoms with Crippen LogP contribution in [0.4, 0.5) is 0 Å². The summed E-state index contributed by atoms with van der Waals surface area (Å²) in [6, 6.07) is 0. The van der Waals surface area contributed by atoms with Crippen molar-refractivity contribution in [2.24, 2.45) is 17.8 Å². The van der Waals surface area contributed by atoms with Crippen LogP contribution in [0, 0.1) is 17.8 Å². The summed E-state index contributed by atoms with van der Waals surface area (Å²) in [7, 11) is 0. The standard InChI is InChI=1S/C20H24O5/c1-6-9(2)19(22)25-18-16-11(4)14(21)8-13(16)10(3)7-15-17(18)12(5)20(23)24-15/h6,10,13,15,17-18H,5,7-8H2,1-4H3/b9-6-/t10-,13+,15-,17-,18-/m1/s1. The Bertz CT molecular complexity index is 726. The Morgan fingerprint density at radius 3 is 2.68 bits per heavy atom. The van der Waals surface area contributed by atoms with Crippen LogP contribution in [0.5, 0.6) is 0 Å². The Hall–Kier alpha value is -2.17. The van der Waals surface area contributed by atoms with Crippen LogP contribution in [0.1, 0.15) is 40.5 Å². The van der Waals surface area contributed by atoms with Crippen molar-refractivity contribution in [2.75, 3.05) is 0 Å².